The van der Waals surface area contributed by atoms with Gasteiger partial charge in [0.25, 0.3) is 5.91 Å². The van der Waals surface area contributed by atoms with Gasteiger partial charge in [0.1, 0.15) is 21.8 Å². The molecule has 1 fully saturated rings. The van der Waals surface area contributed by atoms with E-state index in [1.807, 2.05) is 0 Å². The van der Waals surface area contributed by atoms with Crippen molar-refractivity contribution in [2.75, 3.05) is 10.6 Å². The highest BCUT2D eigenvalue weighted by molar-refractivity contribution is 6.53. The highest BCUT2D eigenvalue weighted by atomic mass is 35.5. The zero-order valence-electron chi connectivity index (χ0n) is 17.1. The molecule has 12 heteroatoms. The molecule has 0 aromatic heterocycles. The summed E-state index contributed by atoms with van der Waals surface area (Å²) in [6, 6.07) is 9.17. The number of hydrogen-bond donors (Lipinski definition) is 2. The van der Waals surface area contributed by atoms with Gasteiger partial charge >= 0.3 is 0 Å². The van der Waals surface area contributed by atoms with Gasteiger partial charge in [0.05, 0.1) is 32.2 Å². The molecular weight excluding hydrogens is 571 g/mol. The van der Waals surface area contributed by atoms with Crippen LogP contribution in [0.3, 0.4) is 0 Å². The van der Waals surface area contributed by atoms with Crippen molar-refractivity contribution in [3.63, 3.8) is 0 Å². The molecule has 0 saturated heterocycles. The van der Waals surface area contributed by atoms with Crippen molar-refractivity contribution in [3.8, 4) is 0 Å². The minimum absolute atomic E-state index is 0.0163. The smallest absolute Gasteiger partial charge is 0.257 e. The Labute approximate surface area is 222 Å². The maximum absolute atomic E-state index is 14.0. The second-order valence-corrected chi connectivity index (χ2v) is 10.3. The molecule has 0 bridgehead atoms. The molecule has 0 unspecified atom stereocenters. The van der Waals surface area contributed by atoms with E-state index in [0.29, 0.717) is 11.6 Å². The predicted molar refractivity (Wildman–Crippen MR) is 131 cm³/mol. The van der Waals surface area contributed by atoms with Crippen molar-refractivity contribution < 1.29 is 22.8 Å². The number of hydrogen-bond acceptors (Lipinski definition) is 2. The van der Waals surface area contributed by atoms with E-state index >= 15 is 0 Å². The van der Waals surface area contributed by atoms with Crippen LogP contribution in [-0.2, 0) is 4.79 Å². The van der Waals surface area contributed by atoms with Crippen molar-refractivity contribution in [2.45, 2.75) is 10.3 Å². The number of amides is 2. The Bertz CT molecular complexity index is 1350. The summed E-state index contributed by atoms with van der Waals surface area (Å²) in [7, 11) is 0. The quantitative estimate of drug-likeness (QED) is 0.238. The van der Waals surface area contributed by atoms with Gasteiger partial charge in [-0.3, -0.25) is 9.59 Å². The number of anilines is 2. The average molecular weight is 583 g/mol. The van der Waals surface area contributed by atoms with Crippen LogP contribution in [0.2, 0.25) is 15.1 Å². The van der Waals surface area contributed by atoms with Gasteiger partial charge in [-0.05, 0) is 48.0 Å². The third-order valence-corrected chi connectivity index (χ3v) is 7.41. The molecule has 0 radical (unpaired) electrons. The molecule has 35 heavy (non-hydrogen) atoms. The molecule has 2 N–H and O–H groups in total. The van der Waals surface area contributed by atoms with E-state index < -0.39 is 45.4 Å². The lowest BCUT2D eigenvalue weighted by molar-refractivity contribution is -0.117. The second kappa shape index (κ2) is 9.71. The molecule has 0 aliphatic heterocycles. The summed E-state index contributed by atoms with van der Waals surface area (Å²) < 4.78 is 39.5. The minimum atomic E-state index is -1.54. The number of rotatable bonds is 5. The molecule has 1 saturated carbocycles. The monoisotopic (exact) mass is 580 g/mol. The number of carbonyl (C=O) groups is 2. The average Bonchev–Trinajstić information content (AvgIpc) is 3.37. The topological polar surface area (TPSA) is 58.2 Å². The molecule has 3 aromatic rings. The Hall–Kier alpha value is -2.16. The zero-order valence-corrected chi connectivity index (χ0v) is 20.9. The fraction of sp³-hybridized carbons (Fsp3) is 0.130. The van der Waals surface area contributed by atoms with E-state index in [1.54, 1.807) is 0 Å². The van der Waals surface area contributed by atoms with Crippen molar-refractivity contribution in [1.82, 2.24) is 0 Å². The van der Waals surface area contributed by atoms with E-state index in [9.17, 15) is 22.8 Å². The first kappa shape index (κ1) is 25.9. The predicted octanol–water partition coefficient (Wildman–Crippen LogP) is 7.84. The van der Waals surface area contributed by atoms with E-state index in [-0.39, 0.29) is 32.0 Å². The van der Waals surface area contributed by atoms with Gasteiger partial charge < -0.3 is 10.6 Å². The number of halogens is 8. The van der Waals surface area contributed by atoms with Gasteiger partial charge in [0, 0.05) is 17.7 Å². The summed E-state index contributed by atoms with van der Waals surface area (Å²) in [5.74, 6) is -5.70. The summed E-state index contributed by atoms with van der Waals surface area (Å²) in [5, 5.41) is 4.57. The van der Waals surface area contributed by atoms with Crippen LogP contribution in [0.15, 0.2) is 48.5 Å². The first-order chi connectivity index (χ1) is 16.4. The van der Waals surface area contributed by atoms with Crippen molar-refractivity contribution >= 4 is 81.2 Å². The van der Waals surface area contributed by atoms with Gasteiger partial charge in [-0.15, -0.1) is 23.2 Å². The Balaban J connectivity index is 1.52. The Morgan fingerprint density at radius 1 is 0.829 bits per heavy atom. The Morgan fingerprint density at radius 2 is 1.54 bits per heavy atom. The van der Waals surface area contributed by atoms with E-state index in [4.69, 9.17) is 58.0 Å². The van der Waals surface area contributed by atoms with E-state index in [2.05, 4.69) is 10.6 Å². The molecule has 2 amide bonds. The summed E-state index contributed by atoms with van der Waals surface area (Å²) in [6.07, 6.45) is 0. The molecular formula is C23H12Cl5F3N2O2. The first-order valence-corrected chi connectivity index (χ1v) is 11.7. The Morgan fingerprint density at radius 3 is 2.20 bits per heavy atom. The molecule has 2 atom stereocenters. The fourth-order valence-electron chi connectivity index (χ4n) is 3.60. The molecule has 1 aliphatic rings. The summed E-state index contributed by atoms with van der Waals surface area (Å²) in [4.78, 5) is 25.5. The van der Waals surface area contributed by atoms with Crippen LogP contribution in [-0.4, -0.2) is 16.1 Å². The SMILES string of the molecule is O=C(Nc1ccc(F)cc1F)c1cc(NC(=O)[C@H]2[C@@H](c3cc(F)c(Cl)c(Cl)c3)C2(Cl)Cl)ccc1Cl. The molecule has 3 aromatic carbocycles. The lowest BCUT2D eigenvalue weighted by atomic mass is 10.1. The number of nitrogens with one attached hydrogen (secondary N) is 2. The molecule has 4 nitrogen and oxygen atoms in total. The van der Waals surface area contributed by atoms with Crippen LogP contribution in [0.25, 0.3) is 0 Å². The van der Waals surface area contributed by atoms with Crippen LogP contribution in [0.5, 0.6) is 0 Å². The van der Waals surface area contributed by atoms with Crippen LogP contribution in [0.1, 0.15) is 21.8 Å². The number of alkyl halides is 2. The summed E-state index contributed by atoms with van der Waals surface area (Å²) >= 11 is 30.4. The molecule has 4 rings (SSSR count). The first-order valence-electron chi connectivity index (χ1n) is 9.79. The van der Waals surface area contributed by atoms with Gasteiger partial charge in [0.15, 0.2) is 0 Å². The minimum Gasteiger partial charge on any atom is -0.326 e. The van der Waals surface area contributed by atoms with Gasteiger partial charge in [-0.1, -0.05) is 34.8 Å². The lowest BCUT2D eigenvalue weighted by Crippen LogP contribution is -2.18. The lowest BCUT2D eigenvalue weighted by Gasteiger charge is -2.11. The zero-order chi connectivity index (χ0) is 25.7. The highest BCUT2D eigenvalue weighted by Gasteiger charge is 2.67. The van der Waals surface area contributed by atoms with E-state index in [0.717, 1.165) is 18.2 Å². The van der Waals surface area contributed by atoms with Crippen LogP contribution in [0, 0.1) is 23.4 Å². The van der Waals surface area contributed by atoms with Crippen molar-refractivity contribution in [2.24, 2.45) is 5.92 Å². The van der Waals surface area contributed by atoms with Crippen molar-refractivity contribution in [1.29, 1.82) is 0 Å². The number of benzene rings is 3. The van der Waals surface area contributed by atoms with Crippen LogP contribution in [0.4, 0.5) is 24.5 Å². The van der Waals surface area contributed by atoms with Crippen LogP contribution < -0.4 is 10.6 Å². The summed E-state index contributed by atoms with van der Waals surface area (Å²) in [5.41, 5.74) is 0.111. The van der Waals surface area contributed by atoms with Crippen LogP contribution >= 0.6 is 58.0 Å². The van der Waals surface area contributed by atoms with Gasteiger partial charge in [0.2, 0.25) is 5.91 Å². The standard InChI is InChI=1S/C23H12Cl5F3N2O2/c24-13-3-2-11(8-12(13)21(34)33-17-4-1-10(29)7-15(17)30)32-22(35)19-18(23(19,27)28)9-5-14(25)20(26)16(31)6-9/h1-8,18-19H,(H,32,35)(H,33,34)/t18-,19-/m1/s1. The molecule has 182 valence electrons. The Kier molecular flexibility index (Phi) is 7.19. The molecule has 0 spiro atoms. The van der Waals surface area contributed by atoms with Gasteiger partial charge in [-0.25, -0.2) is 13.2 Å². The normalized spacial score (nSPS) is 18.2. The molecule has 1 aliphatic carbocycles. The molecule has 0 heterocycles. The number of carbonyl (C=O) groups excluding carboxylic acids is 2. The maximum atomic E-state index is 14.0. The highest BCUT2D eigenvalue weighted by Crippen LogP contribution is 2.65. The maximum Gasteiger partial charge on any atom is 0.257 e. The van der Waals surface area contributed by atoms with Gasteiger partial charge in [-0.2, -0.15) is 0 Å². The fourth-order valence-corrected chi connectivity index (χ4v) is 4.96. The largest absolute Gasteiger partial charge is 0.326 e. The second-order valence-electron chi connectivity index (χ2n) is 7.69. The van der Waals surface area contributed by atoms with Crippen molar-refractivity contribution in [3.05, 3.63) is 92.2 Å². The third kappa shape index (κ3) is 5.20. The van der Waals surface area contributed by atoms with E-state index in [1.165, 1.54) is 24.3 Å². The summed E-state index contributed by atoms with van der Waals surface area (Å²) in [6.45, 7) is 0. The third-order valence-electron chi connectivity index (χ3n) is 5.36.